The largest absolute Gasteiger partial charge is 0.497 e. The minimum absolute atomic E-state index is 0.00220. The standard InChI is InChI=1S/C22H27N3O4S2/c1-5-6-13-25-20-12-11-18(31(27,28)24(2)3)14-19(20)23-22(25)30-15-21(26)16-7-9-17(29-4)10-8-16/h7-12,14H,5-6,13,15H2,1-4H3. The van der Waals surface area contributed by atoms with Crippen molar-refractivity contribution in [2.45, 2.75) is 36.4 Å². The normalized spacial score (nSPS) is 11.9. The topological polar surface area (TPSA) is 81.5 Å². The maximum atomic E-state index is 12.6. The molecule has 0 aliphatic heterocycles. The molecule has 9 heteroatoms. The van der Waals surface area contributed by atoms with Crippen LogP contribution in [0.3, 0.4) is 0 Å². The number of hydrogen-bond donors (Lipinski definition) is 0. The Morgan fingerprint density at radius 3 is 2.48 bits per heavy atom. The van der Waals surface area contributed by atoms with Crippen LogP contribution in [-0.4, -0.2) is 55.0 Å². The van der Waals surface area contributed by atoms with Crippen LogP contribution >= 0.6 is 11.8 Å². The van der Waals surface area contributed by atoms with Crippen LogP contribution in [0.1, 0.15) is 30.1 Å². The van der Waals surface area contributed by atoms with Crippen molar-refractivity contribution >= 4 is 38.6 Å². The van der Waals surface area contributed by atoms with E-state index in [1.54, 1.807) is 49.6 Å². The van der Waals surface area contributed by atoms with Gasteiger partial charge in [0.05, 0.1) is 28.8 Å². The van der Waals surface area contributed by atoms with Crippen molar-refractivity contribution in [1.82, 2.24) is 13.9 Å². The van der Waals surface area contributed by atoms with E-state index in [-0.39, 0.29) is 16.4 Å². The zero-order valence-electron chi connectivity index (χ0n) is 18.2. The average Bonchev–Trinajstić information content (AvgIpc) is 3.12. The Bertz CT molecular complexity index is 1170. The van der Waals surface area contributed by atoms with E-state index in [1.165, 1.54) is 30.2 Å². The summed E-state index contributed by atoms with van der Waals surface area (Å²) in [6.07, 6.45) is 1.98. The van der Waals surface area contributed by atoms with Crippen molar-refractivity contribution in [3.63, 3.8) is 0 Å². The van der Waals surface area contributed by atoms with Crippen molar-refractivity contribution in [3.8, 4) is 5.75 Å². The molecule has 0 spiro atoms. The van der Waals surface area contributed by atoms with Gasteiger partial charge in [-0.25, -0.2) is 17.7 Å². The molecule has 0 radical (unpaired) electrons. The SMILES string of the molecule is CCCCn1c(SCC(=O)c2ccc(OC)cc2)nc2cc(S(=O)(=O)N(C)C)ccc21. The maximum absolute atomic E-state index is 12.6. The monoisotopic (exact) mass is 461 g/mol. The Hall–Kier alpha value is -2.36. The summed E-state index contributed by atoms with van der Waals surface area (Å²) in [5.41, 5.74) is 2.09. The molecule has 0 bridgehead atoms. The zero-order chi connectivity index (χ0) is 22.6. The van der Waals surface area contributed by atoms with Gasteiger partial charge in [0.1, 0.15) is 5.75 Å². The smallest absolute Gasteiger partial charge is 0.242 e. The van der Waals surface area contributed by atoms with Crippen LogP contribution in [0.4, 0.5) is 0 Å². The van der Waals surface area contributed by atoms with Gasteiger partial charge in [0.15, 0.2) is 10.9 Å². The molecule has 1 heterocycles. The molecule has 1 aromatic heterocycles. The van der Waals surface area contributed by atoms with E-state index in [2.05, 4.69) is 16.5 Å². The molecule has 0 unspecified atom stereocenters. The van der Waals surface area contributed by atoms with Crippen LogP contribution < -0.4 is 4.74 Å². The Kier molecular flexibility index (Phi) is 7.40. The summed E-state index contributed by atoms with van der Waals surface area (Å²) in [5, 5.41) is 0.713. The highest BCUT2D eigenvalue weighted by Crippen LogP contribution is 2.28. The highest BCUT2D eigenvalue weighted by Gasteiger charge is 2.20. The third-order valence-electron chi connectivity index (χ3n) is 4.94. The molecule has 0 atom stereocenters. The van der Waals surface area contributed by atoms with Gasteiger partial charge < -0.3 is 9.30 Å². The fourth-order valence-corrected chi connectivity index (χ4v) is 4.95. The summed E-state index contributed by atoms with van der Waals surface area (Å²) in [6.45, 7) is 2.87. The van der Waals surface area contributed by atoms with Gasteiger partial charge in [0.2, 0.25) is 10.0 Å². The van der Waals surface area contributed by atoms with Gasteiger partial charge in [-0.2, -0.15) is 0 Å². The number of rotatable bonds is 10. The highest BCUT2D eigenvalue weighted by molar-refractivity contribution is 7.99. The molecule has 3 aromatic rings. The summed E-state index contributed by atoms with van der Waals surface area (Å²) in [7, 11) is 1.05. The first-order valence-electron chi connectivity index (χ1n) is 10.0. The number of Topliss-reactive ketones (excluding diaryl/α,β-unsaturated/α-hetero) is 1. The molecule has 0 saturated carbocycles. The van der Waals surface area contributed by atoms with Crippen LogP contribution in [0.15, 0.2) is 52.5 Å². The first-order chi connectivity index (χ1) is 14.8. The van der Waals surface area contributed by atoms with Gasteiger partial charge in [0, 0.05) is 26.2 Å². The van der Waals surface area contributed by atoms with Gasteiger partial charge in [-0.05, 0) is 48.9 Å². The van der Waals surface area contributed by atoms with Crippen molar-refractivity contribution in [1.29, 1.82) is 0 Å². The number of sulfonamides is 1. The third-order valence-corrected chi connectivity index (χ3v) is 7.73. The molecule has 0 aliphatic rings. The molecule has 7 nitrogen and oxygen atoms in total. The molecule has 0 aliphatic carbocycles. The number of aryl methyl sites for hydroxylation is 1. The summed E-state index contributed by atoms with van der Waals surface area (Å²) in [4.78, 5) is 17.5. The number of ketones is 1. The van der Waals surface area contributed by atoms with E-state index in [9.17, 15) is 13.2 Å². The average molecular weight is 462 g/mol. The Labute approximate surface area is 187 Å². The number of aromatic nitrogens is 2. The number of imidazole rings is 1. The Morgan fingerprint density at radius 1 is 1.16 bits per heavy atom. The Morgan fingerprint density at radius 2 is 1.87 bits per heavy atom. The van der Waals surface area contributed by atoms with E-state index in [1.807, 2.05) is 0 Å². The van der Waals surface area contributed by atoms with Crippen molar-refractivity contribution in [2.75, 3.05) is 27.0 Å². The van der Waals surface area contributed by atoms with E-state index >= 15 is 0 Å². The number of thioether (sulfide) groups is 1. The first-order valence-corrected chi connectivity index (χ1v) is 12.4. The lowest BCUT2D eigenvalue weighted by Crippen LogP contribution is -2.22. The van der Waals surface area contributed by atoms with Crippen LogP contribution in [0.5, 0.6) is 5.75 Å². The lowest BCUT2D eigenvalue weighted by atomic mass is 10.1. The molecule has 31 heavy (non-hydrogen) atoms. The van der Waals surface area contributed by atoms with E-state index in [0.717, 1.165) is 24.9 Å². The number of fused-ring (bicyclic) bond motifs is 1. The first kappa shape index (κ1) is 23.3. The Balaban J connectivity index is 1.89. The van der Waals surface area contributed by atoms with Gasteiger partial charge in [-0.1, -0.05) is 25.1 Å². The number of nitrogens with zero attached hydrogens (tertiary/aromatic N) is 3. The fraction of sp³-hybridized carbons (Fsp3) is 0.364. The molecule has 0 saturated heterocycles. The van der Waals surface area contributed by atoms with E-state index in [0.29, 0.717) is 22.0 Å². The lowest BCUT2D eigenvalue weighted by Gasteiger charge is -2.11. The quantitative estimate of drug-likeness (QED) is 0.334. The minimum atomic E-state index is -3.54. The number of unbranched alkanes of at least 4 members (excludes halogenated alkanes) is 1. The number of benzene rings is 2. The zero-order valence-corrected chi connectivity index (χ0v) is 19.8. The molecule has 166 valence electrons. The second-order valence-electron chi connectivity index (χ2n) is 7.28. The van der Waals surface area contributed by atoms with Crippen LogP contribution in [0.25, 0.3) is 11.0 Å². The number of carbonyl (C=O) groups excluding carboxylic acids is 1. The fourth-order valence-electron chi connectivity index (χ4n) is 3.09. The number of carbonyl (C=O) groups is 1. The van der Waals surface area contributed by atoms with E-state index < -0.39 is 10.0 Å². The van der Waals surface area contributed by atoms with Crippen LogP contribution in [-0.2, 0) is 16.6 Å². The predicted octanol–water partition coefficient (Wildman–Crippen LogP) is 4.07. The molecule has 0 N–H and O–H groups in total. The van der Waals surface area contributed by atoms with Gasteiger partial charge in [-0.15, -0.1) is 0 Å². The van der Waals surface area contributed by atoms with Crippen LogP contribution in [0.2, 0.25) is 0 Å². The van der Waals surface area contributed by atoms with Crippen molar-refractivity contribution in [3.05, 3.63) is 48.0 Å². The van der Waals surface area contributed by atoms with Crippen LogP contribution in [0, 0.1) is 0 Å². The van der Waals surface area contributed by atoms with Crippen molar-refractivity contribution < 1.29 is 17.9 Å². The minimum Gasteiger partial charge on any atom is -0.497 e. The van der Waals surface area contributed by atoms with Gasteiger partial charge in [0.25, 0.3) is 0 Å². The van der Waals surface area contributed by atoms with Gasteiger partial charge >= 0.3 is 0 Å². The molecule has 0 amide bonds. The molecular weight excluding hydrogens is 434 g/mol. The second-order valence-corrected chi connectivity index (χ2v) is 10.4. The number of ether oxygens (including phenoxy) is 1. The molecular formula is C22H27N3O4S2. The van der Waals surface area contributed by atoms with Crippen molar-refractivity contribution in [2.24, 2.45) is 0 Å². The summed E-state index contributed by atoms with van der Waals surface area (Å²) in [5.74, 6) is 0.941. The summed E-state index contributed by atoms with van der Waals surface area (Å²) in [6, 6.07) is 12.0. The highest BCUT2D eigenvalue weighted by atomic mass is 32.2. The second kappa shape index (κ2) is 9.84. The number of hydrogen-bond acceptors (Lipinski definition) is 6. The molecule has 2 aromatic carbocycles. The van der Waals surface area contributed by atoms with Gasteiger partial charge in [-0.3, -0.25) is 4.79 Å². The lowest BCUT2D eigenvalue weighted by molar-refractivity contribution is 0.102. The number of methoxy groups -OCH3 is 1. The maximum Gasteiger partial charge on any atom is 0.242 e. The predicted molar refractivity (Wildman–Crippen MR) is 124 cm³/mol. The third kappa shape index (κ3) is 5.11. The van der Waals surface area contributed by atoms with E-state index in [4.69, 9.17) is 4.74 Å². The summed E-state index contributed by atoms with van der Waals surface area (Å²) < 4.78 is 33.4. The molecule has 3 rings (SSSR count). The summed E-state index contributed by atoms with van der Waals surface area (Å²) >= 11 is 1.37. The molecule has 0 fully saturated rings.